The highest BCUT2D eigenvalue weighted by Crippen LogP contribution is 2.30. The van der Waals surface area contributed by atoms with E-state index in [0.29, 0.717) is 19.4 Å². The van der Waals surface area contributed by atoms with Crippen LogP contribution in [0, 0.1) is 5.92 Å². The molecule has 2 N–H and O–H groups in total. The highest BCUT2D eigenvalue weighted by atomic mass is 16.6. The normalized spacial score (nSPS) is 23.8. The molecule has 0 radical (unpaired) electrons. The van der Waals surface area contributed by atoms with Crippen LogP contribution in [-0.2, 0) is 16.1 Å². The van der Waals surface area contributed by atoms with Gasteiger partial charge in [0.05, 0.1) is 18.1 Å². The number of carboxylic acids is 1. The number of aliphatic hydroxyl groups is 1. The van der Waals surface area contributed by atoms with E-state index < -0.39 is 35.7 Å². The van der Waals surface area contributed by atoms with E-state index in [9.17, 15) is 14.7 Å². The van der Waals surface area contributed by atoms with Crippen molar-refractivity contribution in [3.05, 3.63) is 35.9 Å². The van der Waals surface area contributed by atoms with E-state index in [1.54, 1.807) is 20.8 Å². The summed E-state index contributed by atoms with van der Waals surface area (Å²) in [5.41, 5.74) is 0.288. The minimum atomic E-state index is -0.899. The number of aliphatic hydroxyl groups excluding tert-OH is 1. The standard InChI is InChI=1S/C19H27NO5/c1-19(2,3)25-18(24)20(12-13-7-5-4-6-8-13)15-10-9-14(17(22)23)11-16(15)21/h4-8,14-16,21H,9-12H2,1-3H3,(H,22,23)/t14-,15+,16+/m1/s1. The summed E-state index contributed by atoms with van der Waals surface area (Å²) in [6, 6.07) is 9.04. The molecular weight excluding hydrogens is 322 g/mol. The van der Waals surface area contributed by atoms with Crippen LogP contribution < -0.4 is 0 Å². The molecule has 1 amide bonds. The quantitative estimate of drug-likeness (QED) is 0.872. The summed E-state index contributed by atoms with van der Waals surface area (Å²) >= 11 is 0. The molecule has 0 aromatic heterocycles. The van der Waals surface area contributed by atoms with Crippen LogP contribution in [0.15, 0.2) is 30.3 Å². The highest BCUT2D eigenvalue weighted by molar-refractivity contribution is 5.71. The molecule has 0 heterocycles. The molecule has 138 valence electrons. The zero-order valence-corrected chi connectivity index (χ0v) is 15.0. The van der Waals surface area contributed by atoms with Crippen molar-refractivity contribution in [2.75, 3.05) is 0 Å². The van der Waals surface area contributed by atoms with Crippen LogP contribution in [0.25, 0.3) is 0 Å². The van der Waals surface area contributed by atoms with E-state index in [-0.39, 0.29) is 6.42 Å². The third kappa shape index (κ3) is 5.46. The van der Waals surface area contributed by atoms with Gasteiger partial charge < -0.3 is 14.9 Å². The molecular formula is C19H27NO5. The molecule has 1 aliphatic carbocycles. The van der Waals surface area contributed by atoms with Gasteiger partial charge in [-0.05, 0) is 45.6 Å². The van der Waals surface area contributed by atoms with Crippen molar-refractivity contribution in [2.45, 2.75) is 64.3 Å². The molecule has 25 heavy (non-hydrogen) atoms. The van der Waals surface area contributed by atoms with E-state index in [0.717, 1.165) is 5.56 Å². The van der Waals surface area contributed by atoms with Gasteiger partial charge in [-0.1, -0.05) is 30.3 Å². The number of aliphatic carboxylic acids is 1. The molecule has 0 bridgehead atoms. The zero-order valence-electron chi connectivity index (χ0n) is 15.0. The number of carbonyl (C=O) groups is 2. The van der Waals surface area contributed by atoms with Crippen LogP contribution in [0.2, 0.25) is 0 Å². The van der Waals surface area contributed by atoms with Crippen molar-refractivity contribution >= 4 is 12.1 Å². The average Bonchev–Trinajstić information content (AvgIpc) is 2.52. The fraction of sp³-hybridized carbons (Fsp3) is 0.579. The lowest BCUT2D eigenvalue weighted by Gasteiger charge is -2.39. The number of hydrogen-bond donors (Lipinski definition) is 2. The van der Waals surface area contributed by atoms with E-state index in [4.69, 9.17) is 9.84 Å². The Morgan fingerprint density at radius 1 is 1.20 bits per heavy atom. The molecule has 1 aromatic rings. The average molecular weight is 349 g/mol. The lowest BCUT2D eigenvalue weighted by Crippen LogP contribution is -2.51. The lowest BCUT2D eigenvalue weighted by atomic mass is 9.83. The Labute approximate surface area is 148 Å². The largest absolute Gasteiger partial charge is 0.481 e. The van der Waals surface area contributed by atoms with Crippen molar-refractivity contribution in [3.63, 3.8) is 0 Å². The molecule has 1 aromatic carbocycles. The number of carboxylic acid groups (broad SMARTS) is 1. The molecule has 0 saturated heterocycles. The van der Waals surface area contributed by atoms with Crippen molar-refractivity contribution in [3.8, 4) is 0 Å². The van der Waals surface area contributed by atoms with Crippen LogP contribution in [0.3, 0.4) is 0 Å². The number of nitrogens with zero attached hydrogens (tertiary/aromatic N) is 1. The minimum Gasteiger partial charge on any atom is -0.481 e. The van der Waals surface area contributed by atoms with Gasteiger partial charge in [0, 0.05) is 6.54 Å². The Balaban J connectivity index is 2.19. The van der Waals surface area contributed by atoms with Crippen LogP contribution in [0.4, 0.5) is 4.79 Å². The van der Waals surface area contributed by atoms with Crippen LogP contribution >= 0.6 is 0 Å². The van der Waals surface area contributed by atoms with Crippen LogP contribution in [0.5, 0.6) is 0 Å². The van der Waals surface area contributed by atoms with Gasteiger partial charge in [0.15, 0.2) is 0 Å². The molecule has 6 heteroatoms. The number of ether oxygens (including phenoxy) is 1. The first-order valence-corrected chi connectivity index (χ1v) is 8.62. The minimum absolute atomic E-state index is 0.147. The fourth-order valence-corrected chi connectivity index (χ4v) is 3.14. The van der Waals surface area contributed by atoms with Crippen LogP contribution in [-0.4, -0.2) is 44.9 Å². The summed E-state index contributed by atoms with van der Waals surface area (Å²) in [6.45, 7) is 5.70. The second kappa shape index (κ2) is 7.87. The number of hydrogen-bond acceptors (Lipinski definition) is 4. The molecule has 3 atom stereocenters. The third-order valence-corrected chi connectivity index (χ3v) is 4.35. The number of carbonyl (C=O) groups excluding carboxylic acids is 1. The first-order valence-electron chi connectivity index (χ1n) is 8.62. The summed E-state index contributed by atoms with van der Waals surface area (Å²) in [4.78, 5) is 25.4. The van der Waals surface area contributed by atoms with Gasteiger partial charge in [-0.25, -0.2) is 4.79 Å². The fourth-order valence-electron chi connectivity index (χ4n) is 3.14. The summed E-state index contributed by atoms with van der Waals surface area (Å²) in [7, 11) is 0. The van der Waals surface area contributed by atoms with E-state index in [1.165, 1.54) is 4.90 Å². The Morgan fingerprint density at radius 2 is 1.84 bits per heavy atom. The summed E-state index contributed by atoms with van der Waals surface area (Å²) in [6.07, 6.45) is -0.357. The second-order valence-electron chi connectivity index (χ2n) is 7.58. The molecule has 1 saturated carbocycles. The number of benzene rings is 1. The maximum absolute atomic E-state index is 12.7. The van der Waals surface area contributed by atoms with Crippen LogP contribution in [0.1, 0.15) is 45.6 Å². The predicted octanol–water partition coefficient (Wildman–Crippen LogP) is 3.04. The monoisotopic (exact) mass is 349 g/mol. The molecule has 1 aliphatic rings. The predicted molar refractivity (Wildman–Crippen MR) is 93.0 cm³/mol. The molecule has 2 rings (SSSR count). The SMILES string of the molecule is CC(C)(C)OC(=O)N(Cc1ccccc1)[C@H]1CC[C@@H](C(=O)O)C[C@@H]1O. The first-order chi connectivity index (χ1) is 11.7. The zero-order chi connectivity index (χ0) is 18.6. The molecule has 0 spiro atoms. The first kappa shape index (κ1) is 19.2. The third-order valence-electron chi connectivity index (χ3n) is 4.35. The Kier molecular flexibility index (Phi) is 6.06. The molecule has 0 unspecified atom stereocenters. The maximum Gasteiger partial charge on any atom is 0.410 e. The van der Waals surface area contributed by atoms with Gasteiger partial charge >= 0.3 is 12.1 Å². The van der Waals surface area contributed by atoms with Gasteiger partial charge in [-0.2, -0.15) is 0 Å². The summed E-state index contributed by atoms with van der Waals surface area (Å²) in [5.74, 6) is -1.46. The lowest BCUT2D eigenvalue weighted by molar-refractivity contribution is -0.145. The van der Waals surface area contributed by atoms with Crippen molar-refractivity contribution < 1.29 is 24.5 Å². The second-order valence-corrected chi connectivity index (χ2v) is 7.58. The van der Waals surface area contributed by atoms with E-state index >= 15 is 0 Å². The Bertz CT molecular complexity index is 596. The van der Waals surface area contributed by atoms with Gasteiger partial charge in [-0.3, -0.25) is 9.69 Å². The Hall–Kier alpha value is -2.08. The molecule has 0 aliphatic heterocycles. The van der Waals surface area contributed by atoms with Gasteiger partial charge in [0.25, 0.3) is 0 Å². The summed E-state index contributed by atoms with van der Waals surface area (Å²) in [5, 5.41) is 19.6. The maximum atomic E-state index is 12.7. The van der Waals surface area contributed by atoms with Crippen molar-refractivity contribution in [2.24, 2.45) is 5.92 Å². The Morgan fingerprint density at radius 3 is 2.36 bits per heavy atom. The number of amides is 1. The highest BCUT2D eigenvalue weighted by Gasteiger charge is 2.39. The van der Waals surface area contributed by atoms with Crippen molar-refractivity contribution in [1.82, 2.24) is 4.90 Å². The van der Waals surface area contributed by atoms with Crippen molar-refractivity contribution in [1.29, 1.82) is 0 Å². The smallest absolute Gasteiger partial charge is 0.410 e. The summed E-state index contributed by atoms with van der Waals surface area (Å²) < 4.78 is 5.51. The topological polar surface area (TPSA) is 87.1 Å². The molecule has 1 fully saturated rings. The molecule has 6 nitrogen and oxygen atoms in total. The van der Waals surface area contributed by atoms with Gasteiger partial charge in [0.2, 0.25) is 0 Å². The van der Waals surface area contributed by atoms with E-state index in [2.05, 4.69) is 0 Å². The van der Waals surface area contributed by atoms with E-state index in [1.807, 2.05) is 30.3 Å². The van der Waals surface area contributed by atoms with Gasteiger partial charge in [-0.15, -0.1) is 0 Å². The van der Waals surface area contributed by atoms with Gasteiger partial charge in [0.1, 0.15) is 5.60 Å². The number of rotatable bonds is 4.